The first-order chi connectivity index (χ1) is 12.9. The maximum Gasteiger partial charge on any atom is 0.221 e. The van der Waals surface area contributed by atoms with Gasteiger partial charge in [0, 0.05) is 19.2 Å². The van der Waals surface area contributed by atoms with Crippen molar-refractivity contribution in [3.63, 3.8) is 0 Å². The van der Waals surface area contributed by atoms with Gasteiger partial charge in [-0.25, -0.2) is 9.38 Å². The summed E-state index contributed by atoms with van der Waals surface area (Å²) < 4.78 is 13.8. The van der Waals surface area contributed by atoms with Gasteiger partial charge >= 0.3 is 0 Å². The van der Waals surface area contributed by atoms with E-state index in [1.807, 2.05) is 44.2 Å². The quantitative estimate of drug-likeness (QED) is 0.534. The van der Waals surface area contributed by atoms with Crippen LogP contribution in [0.25, 0.3) is 0 Å². The Kier molecular flexibility index (Phi) is 7.34. The van der Waals surface area contributed by atoms with E-state index in [-0.39, 0.29) is 17.8 Å². The third kappa shape index (κ3) is 6.40. The molecule has 0 fully saturated rings. The highest BCUT2D eigenvalue weighted by atomic mass is 19.1. The van der Waals surface area contributed by atoms with E-state index in [2.05, 4.69) is 20.9 Å². The van der Waals surface area contributed by atoms with Crippen LogP contribution in [0.4, 0.5) is 10.1 Å². The molecule has 1 unspecified atom stereocenters. The summed E-state index contributed by atoms with van der Waals surface area (Å²) in [5, 5.41) is 9.27. The van der Waals surface area contributed by atoms with Crippen molar-refractivity contribution >= 4 is 17.6 Å². The number of amides is 1. The lowest BCUT2D eigenvalue weighted by Crippen LogP contribution is -2.38. The SMILES string of the molecule is CCNC(=NCc1cccc(NC(C)=O)c1)NC(C)c1ccc(C)c(F)c1. The Morgan fingerprint density at radius 1 is 1.22 bits per heavy atom. The molecule has 3 N–H and O–H groups in total. The van der Waals surface area contributed by atoms with Crippen LogP contribution in [-0.4, -0.2) is 18.4 Å². The van der Waals surface area contributed by atoms with Crippen molar-refractivity contribution in [2.45, 2.75) is 40.3 Å². The standard InChI is InChI=1S/C21H27FN4O/c1-5-23-21(25-15(3)18-10-9-14(2)20(22)12-18)24-13-17-7-6-8-19(11-17)26-16(4)27/h6-12,15H,5,13H2,1-4H3,(H,26,27)(H2,23,24,25). The highest BCUT2D eigenvalue weighted by molar-refractivity contribution is 5.88. The number of hydrogen-bond donors (Lipinski definition) is 3. The zero-order valence-corrected chi connectivity index (χ0v) is 16.3. The molecule has 0 aliphatic carbocycles. The zero-order valence-electron chi connectivity index (χ0n) is 16.3. The summed E-state index contributed by atoms with van der Waals surface area (Å²) >= 11 is 0. The average Bonchev–Trinajstić information content (AvgIpc) is 2.62. The Morgan fingerprint density at radius 2 is 2.00 bits per heavy atom. The topological polar surface area (TPSA) is 65.5 Å². The molecule has 0 aromatic heterocycles. The second-order valence-electron chi connectivity index (χ2n) is 6.45. The van der Waals surface area contributed by atoms with Crippen LogP contribution >= 0.6 is 0 Å². The molecule has 2 rings (SSSR count). The van der Waals surface area contributed by atoms with Crippen LogP contribution in [0, 0.1) is 12.7 Å². The molecule has 1 amide bonds. The summed E-state index contributed by atoms with van der Waals surface area (Å²) in [5.74, 6) is 0.332. The molecule has 0 saturated carbocycles. The van der Waals surface area contributed by atoms with Gasteiger partial charge in [-0.1, -0.05) is 24.3 Å². The van der Waals surface area contributed by atoms with E-state index in [0.717, 1.165) is 16.8 Å². The molecular formula is C21H27FN4O. The van der Waals surface area contributed by atoms with Gasteiger partial charge in [0.25, 0.3) is 0 Å². The van der Waals surface area contributed by atoms with Crippen molar-refractivity contribution in [2.75, 3.05) is 11.9 Å². The van der Waals surface area contributed by atoms with Gasteiger partial charge in [0.1, 0.15) is 5.82 Å². The molecule has 0 radical (unpaired) electrons. The monoisotopic (exact) mass is 370 g/mol. The molecule has 0 saturated heterocycles. The van der Waals surface area contributed by atoms with E-state index >= 15 is 0 Å². The fourth-order valence-corrected chi connectivity index (χ4v) is 2.61. The van der Waals surface area contributed by atoms with Gasteiger partial charge in [0.2, 0.25) is 5.91 Å². The van der Waals surface area contributed by atoms with Gasteiger partial charge < -0.3 is 16.0 Å². The van der Waals surface area contributed by atoms with Crippen LogP contribution in [0.5, 0.6) is 0 Å². The lowest BCUT2D eigenvalue weighted by molar-refractivity contribution is -0.114. The maximum absolute atomic E-state index is 13.8. The molecule has 0 bridgehead atoms. The number of hydrogen-bond acceptors (Lipinski definition) is 2. The van der Waals surface area contributed by atoms with Gasteiger partial charge in [-0.2, -0.15) is 0 Å². The summed E-state index contributed by atoms with van der Waals surface area (Å²) in [4.78, 5) is 15.8. The van der Waals surface area contributed by atoms with Gasteiger partial charge in [0.05, 0.1) is 12.6 Å². The van der Waals surface area contributed by atoms with Crippen LogP contribution < -0.4 is 16.0 Å². The van der Waals surface area contributed by atoms with E-state index in [4.69, 9.17) is 0 Å². The summed E-state index contributed by atoms with van der Waals surface area (Å²) in [5.41, 5.74) is 3.21. The predicted octanol–water partition coefficient (Wildman–Crippen LogP) is 3.91. The number of nitrogens with one attached hydrogen (secondary N) is 3. The first-order valence-electron chi connectivity index (χ1n) is 9.06. The van der Waals surface area contributed by atoms with Gasteiger partial charge in [-0.15, -0.1) is 0 Å². The summed E-state index contributed by atoms with van der Waals surface area (Å²) in [7, 11) is 0. The molecule has 144 valence electrons. The number of carbonyl (C=O) groups excluding carboxylic acids is 1. The summed E-state index contributed by atoms with van der Waals surface area (Å²) in [6.07, 6.45) is 0. The van der Waals surface area contributed by atoms with Crippen LogP contribution in [0.3, 0.4) is 0 Å². The highest BCUT2D eigenvalue weighted by Crippen LogP contribution is 2.16. The molecular weight excluding hydrogens is 343 g/mol. The summed E-state index contributed by atoms with van der Waals surface area (Å²) in [6.45, 7) is 8.36. The van der Waals surface area contributed by atoms with Crippen LogP contribution in [0.15, 0.2) is 47.5 Å². The normalized spacial score (nSPS) is 12.4. The van der Waals surface area contributed by atoms with Gasteiger partial charge in [-0.3, -0.25) is 4.79 Å². The second-order valence-corrected chi connectivity index (χ2v) is 6.45. The third-order valence-corrected chi connectivity index (χ3v) is 4.06. The molecule has 0 spiro atoms. The van der Waals surface area contributed by atoms with Crippen molar-refractivity contribution in [2.24, 2.45) is 4.99 Å². The Balaban J connectivity index is 2.09. The van der Waals surface area contributed by atoms with Gasteiger partial charge in [-0.05, 0) is 55.7 Å². The van der Waals surface area contributed by atoms with Crippen molar-refractivity contribution in [1.82, 2.24) is 10.6 Å². The van der Waals surface area contributed by atoms with Crippen molar-refractivity contribution in [3.05, 3.63) is 65.0 Å². The molecule has 0 heterocycles. The summed E-state index contributed by atoms with van der Waals surface area (Å²) in [6, 6.07) is 12.7. The first-order valence-corrected chi connectivity index (χ1v) is 9.06. The zero-order chi connectivity index (χ0) is 19.8. The Labute approximate surface area is 160 Å². The molecule has 0 aliphatic heterocycles. The number of guanidine groups is 1. The number of aliphatic imine (C=N–C) groups is 1. The highest BCUT2D eigenvalue weighted by Gasteiger charge is 2.10. The second kappa shape index (κ2) is 9.71. The van der Waals surface area contributed by atoms with Crippen molar-refractivity contribution in [1.29, 1.82) is 0 Å². The number of benzene rings is 2. The number of aryl methyl sites for hydroxylation is 1. The average molecular weight is 370 g/mol. The molecule has 6 heteroatoms. The molecule has 5 nitrogen and oxygen atoms in total. The molecule has 27 heavy (non-hydrogen) atoms. The minimum atomic E-state index is -0.210. The lowest BCUT2D eigenvalue weighted by Gasteiger charge is -2.18. The first kappa shape index (κ1) is 20.4. The number of halogens is 1. The Morgan fingerprint density at radius 3 is 2.67 bits per heavy atom. The van der Waals surface area contributed by atoms with Crippen LogP contribution in [0.1, 0.15) is 43.5 Å². The third-order valence-electron chi connectivity index (χ3n) is 4.06. The van der Waals surface area contributed by atoms with Crippen molar-refractivity contribution < 1.29 is 9.18 Å². The molecule has 2 aromatic carbocycles. The van der Waals surface area contributed by atoms with E-state index < -0.39 is 0 Å². The fraction of sp³-hybridized carbons (Fsp3) is 0.333. The molecule has 2 aromatic rings. The molecule has 0 aliphatic rings. The van der Waals surface area contributed by atoms with Crippen molar-refractivity contribution in [3.8, 4) is 0 Å². The van der Waals surface area contributed by atoms with E-state index in [1.165, 1.54) is 6.92 Å². The van der Waals surface area contributed by atoms with E-state index in [1.54, 1.807) is 19.1 Å². The Bertz CT molecular complexity index is 820. The number of nitrogens with zero attached hydrogens (tertiary/aromatic N) is 1. The largest absolute Gasteiger partial charge is 0.357 e. The lowest BCUT2D eigenvalue weighted by atomic mass is 10.1. The predicted molar refractivity (Wildman–Crippen MR) is 108 cm³/mol. The number of anilines is 1. The fourth-order valence-electron chi connectivity index (χ4n) is 2.61. The Hall–Kier alpha value is -2.89. The minimum Gasteiger partial charge on any atom is -0.357 e. The maximum atomic E-state index is 13.8. The number of carbonyl (C=O) groups is 1. The van der Waals surface area contributed by atoms with Crippen LogP contribution in [-0.2, 0) is 11.3 Å². The minimum absolute atomic E-state index is 0.0939. The van der Waals surface area contributed by atoms with E-state index in [0.29, 0.717) is 24.6 Å². The van der Waals surface area contributed by atoms with Crippen LogP contribution in [0.2, 0.25) is 0 Å². The molecule has 1 atom stereocenters. The smallest absolute Gasteiger partial charge is 0.221 e. The van der Waals surface area contributed by atoms with Gasteiger partial charge in [0.15, 0.2) is 5.96 Å². The number of rotatable bonds is 6. The van der Waals surface area contributed by atoms with E-state index in [9.17, 15) is 9.18 Å².